The van der Waals surface area contributed by atoms with Crippen molar-refractivity contribution in [2.75, 3.05) is 6.54 Å². The summed E-state index contributed by atoms with van der Waals surface area (Å²) in [6, 6.07) is 11.1. The van der Waals surface area contributed by atoms with Gasteiger partial charge >= 0.3 is 0 Å². The number of nitrogens with one attached hydrogen (secondary N) is 1. The van der Waals surface area contributed by atoms with Crippen molar-refractivity contribution in [3.8, 4) is 0 Å². The fourth-order valence-corrected chi connectivity index (χ4v) is 4.38. The van der Waals surface area contributed by atoms with Crippen molar-refractivity contribution in [1.82, 2.24) is 9.62 Å². The zero-order chi connectivity index (χ0) is 20.3. The van der Waals surface area contributed by atoms with E-state index in [1.54, 1.807) is 19.1 Å². The lowest BCUT2D eigenvalue weighted by atomic mass is 10.1. The lowest BCUT2D eigenvalue weighted by Gasteiger charge is -2.15. The summed E-state index contributed by atoms with van der Waals surface area (Å²) >= 11 is 0. The topological polar surface area (TPSA) is 110 Å². The molecule has 0 spiro atoms. The summed E-state index contributed by atoms with van der Waals surface area (Å²) < 4.78 is 27.6. The highest BCUT2D eigenvalue weighted by atomic mass is 32.2. The predicted octanol–water partition coefficient (Wildman–Crippen LogP) is 2.50. The van der Waals surface area contributed by atoms with Gasteiger partial charge in [-0.1, -0.05) is 30.3 Å². The molecule has 3 rings (SSSR count). The van der Waals surface area contributed by atoms with E-state index >= 15 is 0 Å². The maximum absolute atomic E-state index is 12.6. The number of benzene rings is 2. The van der Waals surface area contributed by atoms with Gasteiger partial charge in [0.25, 0.3) is 5.69 Å². The van der Waals surface area contributed by atoms with Crippen LogP contribution in [0, 0.1) is 17.0 Å². The number of carbonyl (C=O) groups excluding carboxylic acids is 1. The Morgan fingerprint density at radius 2 is 1.82 bits per heavy atom. The van der Waals surface area contributed by atoms with E-state index in [1.807, 2.05) is 17.0 Å². The molecule has 1 amide bonds. The molecule has 0 atom stereocenters. The van der Waals surface area contributed by atoms with Crippen LogP contribution < -0.4 is 4.72 Å². The van der Waals surface area contributed by atoms with Crippen LogP contribution in [0.15, 0.2) is 47.4 Å². The molecule has 1 heterocycles. The van der Waals surface area contributed by atoms with E-state index in [1.165, 1.54) is 12.1 Å². The van der Waals surface area contributed by atoms with E-state index in [0.29, 0.717) is 18.5 Å². The van der Waals surface area contributed by atoms with Crippen molar-refractivity contribution >= 4 is 21.6 Å². The van der Waals surface area contributed by atoms with Crippen LogP contribution in [0.5, 0.6) is 0 Å². The SMILES string of the molecule is Cc1ccc([N+](=O)[O-])cc1S(=O)(=O)NCc1ccc(CN2CCCC2=O)cc1. The molecule has 1 aliphatic rings. The normalized spacial score (nSPS) is 14.5. The van der Waals surface area contributed by atoms with Crippen LogP contribution >= 0.6 is 0 Å². The van der Waals surface area contributed by atoms with Crippen molar-refractivity contribution in [1.29, 1.82) is 0 Å². The number of amides is 1. The van der Waals surface area contributed by atoms with Crippen LogP contribution in [0.3, 0.4) is 0 Å². The molecule has 1 saturated heterocycles. The lowest BCUT2D eigenvalue weighted by Crippen LogP contribution is -2.24. The summed E-state index contributed by atoms with van der Waals surface area (Å²) in [7, 11) is -3.89. The number of nitrogens with zero attached hydrogens (tertiary/aromatic N) is 2. The van der Waals surface area contributed by atoms with E-state index in [4.69, 9.17) is 0 Å². The molecule has 0 saturated carbocycles. The van der Waals surface area contributed by atoms with Gasteiger partial charge in [-0.15, -0.1) is 0 Å². The van der Waals surface area contributed by atoms with Crippen molar-refractivity contribution < 1.29 is 18.1 Å². The molecular formula is C19H21N3O5S. The first kappa shape index (κ1) is 20.0. The minimum atomic E-state index is -3.89. The molecule has 0 aliphatic carbocycles. The number of aryl methyl sites for hydroxylation is 1. The van der Waals surface area contributed by atoms with Crippen LogP contribution in [0.4, 0.5) is 5.69 Å². The third-order valence-corrected chi connectivity index (χ3v) is 6.25. The van der Waals surface area contributed by atoms with Gasteiger partial charge in [-0.25, -0.2) is 13.1 Å². The van der Waals surface area contributed by atoms with Crippen LogP contribution in [-0.2, 0) is 27.9 Å². The van der Waals surface area contributed by atoms with Gasteiger partial charge in [-0.2, -0.15) is 0 Å². The largest absolute Gasteiger partial charge is 0.338 e. The van der Waals surface area contributed by atoms with E-state index < -0.39 is 14.9 Å². The zero-order valence-corrected chi connectivity index (χ0v) is 16.2. The minimum absolute atomic E-state index is 0.0629. The molecule has 1 N–H and O–H groups in total. The fourth-order valence-electron chi connectivity index (χ4n) is 3.10. The highest BCUT2D eigenvalue weighted by Gasteiger charge is 2.21. The molecule has 0 aromatic heterocycles. The van der Waals surface area contributed by atoms with Gasteiger partial charge in [0.05, 0.1) is 9.82 Å². The van der Waals surface area contributed by atoms with Crippen molar-refractivity contribution in [3.05, 3.63) is 69.3 Å². The van der Waals surface area contributed by atoms with Gasteiger partial charge in [0.2, 0.25) is 15.9 Å². The Balaban J connectivity index is 1.67. The summed E-state index contributed by atoms with van der Waals surface area (Å²) in [5.41, 5.74) is 1.90. The van der Waals surface area contributed by atoms with Gasteiger partial charge in [0.15, 0.2) is 0 Å². The van der Waals surface area contributed by atoms with Crippen LogP contribution in [-0.4, -0.2) is 30.7 Å². The average Bonchev–Trinajstić information content (AvgIpc) is 3.06. The number of likely N-dealkylation sites (tertiary alicyclic amines) is 1. The predicted molar refractivity (Wildman–Crippen MR) is 103 cm³/mol. The van der Waals surface area contributed by atoms with E-state index in [-0.39, 0.29) is 23.0 Å². The maximum atomic E-state index is 12.6. The van der Waals surface area contributed by atoms with Gasteiger partial charge in [0.1, 0.15) is 0 Å². The molecule has 8 nitrogen and oxygen atoms in total. The Morgan fingerprint density at radius 3 is 2.43 bits per heavy atom. The Kier molecular flexibility index (Phi) is 5.76. The van der Waals surface area contributed by atoms with E-state index in [0.717, 1.165) is 30.2 Å². The number of hydrogen-bond donors (Lipinski definition) is 1. The molecule has 148 valence electrons. The zero-order valence-electron chi connectivity index (χ0n) is 15.4. The van der Waals surface area contributed by atoms with Crippen molar-refractivity contribution in [3.63, 3.8) is 0 Å². The molecule has 9 heteroatoms. The average molecular weight is 403 g/mol. The first-order chi connectivity index (χ1) is 13.3. The molecule has 2 aromatic rings. The molecule has 1 aliphatic heterocycles. The number of nitro benzene ring substituents is 1. The Hall–Kier alpha value is -2.78. The third kappa shape index (κ3) is 4.55. The Bertz CT molecular complexity index is 1000. The van der Waals surface area contributed by atoms with E-state index in [9.17, 15) is 23.3 Å². The molecule has 0 bridgehead atoms. The standard InChI is InChI=1S/C19H21N3O5S/c1-14-4-9-17(22(24)25)11-18(14)28(26,27)20-12-15-5-7-16(8-6-15)13-21-10-2-3-19(21)23/h4-9,11,20H,2-3,10,12-13H2,1H3. The summed E-state index contributed by atoms with van der Waals surface area (Å²) in [6.45, 7) is 2.97. The molecule has 28 heavy (non-hydrogen) atoms. The van der Waals surface area contributed by atoms with Crippen LogP contribution in [0.2, 0.25) is 0 Å². The Morgan fingerprint density at radius 1 is 1.14 bits per heavy atom. The second kappa shape index (κ2) is 8.07. The number of nitro groups is 1. The van der Waals surface area contributed by atoms with Crippen molar-refractivity contribution in [2.24, 2.45) is 0 Å². The Labute approximate surface area is 163 Å². The summed E-state index contributed by atoms with van der Waals surface area (Å²) in [6.07, 6.45) is 1.48. The molecule has 2 aromatic carbocycles. The molecule has 1 fully saturated rings. The van der Waals surface area contributed by atoms with Crippen LogP contribution in [0.25, 0.3) is 0 Å². The number of hydrogen-bond acceptors (Lipinski definition) is 5. The first-order valence-electron chi connectivity index (χ1n) is 8.86. The quantitative estimate of drug-likeness (QED) is 0.564. The highest BCUT2D eigenvalue weighted by Crippen LogP contribution is 2.22. The van der Waals surface area contributed by atoms with Gasteiger partial charge < -0.3 is 4.90 Å². The van der Waals surface area contributed by atoms with E-state index in [2.05, 4.69) is 4.72 Å². The van der Waals surface area contributed by atoms with Crippen molar-refractivity contribution in [2.45, 2.75) is 37.8 Å². The summed E-state index contributed by atoms with van der Waals surface area (Å²) in [5, 5.41) is 10.9. The van der Waals surface area contributed by atoms with Gasteiger partial charge in [-0.05, 0) is 30.0 Å². The molecular weight excluding hydrogens is 382 g/mol. The first-order valence-corrected chi connectivity index (χ1v) is 10.3. The van der Waals surface area contributed by atoms with Crippen LogP contribution in [0.1, 0.15) is 29.5 Å². The number of sulfonamides is 1. The third-order valence-electron chi connectivity index (χ3n) is 4.71. The number of carbonyl (C=O) groups is 1. The second-order valence-corrected chi connectivity index (χ2v) is 8.50. The monoisotopic (exact) mass is 403 g/mol. The highest BCUT2D eigenvalue weighted by molar-refractivity contribution is 7.89. The number of non-ortho nitro benzene ring substituents is 1. The minimum Gasteiger partial charge on any atom is -0.338 e. The molecule has 0 unspecified atom stereocenters. The maximum Gasteiger partial charge on any atom is 0.270 e. The number of rotatable bonds is 7. The van der Waals surface area contributed by atoms with Gasteiger partial charge in [-0.3, -0.25) is 14.9 Å². The molecule has 0 radical (unpaired) electrons. The summed E-state index contributed by atoms with van der Waals surface area (Å²) in [4.78, 5) is 23.7. The van der Waals surface area contributed by atoms with Gasteiger partial charge in [0, 0.05) is 38.2 Å². The smallest absolute Gasteiger partial charge is 0.270 e. The fraction of sp³-hybridized carbons (Fsp3) is 0.316. The lowest BCUT2D eigenvalue weighted by molar-refractivity contribution is -0.385. The second-order valence-electron chi connectivity index (χ2n) is 6.77. The summed E-state index contributed by atoms with van der Waals surface area (Å²) in [5.74, 6) is 0.157.